The second-order valence-corrected chi connectivity index (χ2v) is 9.81. The van der Waals surface area contributed by atoms with E-state index in [0.717, 1.165) is 18.4 Å². The Balaban J connectivity index is 1.78. The van der Waals surface area contributed by atoms with Gasteiger partial charge in [0.15, 0.2) is 0 Å². The maximum absolute atomic E-state index is 13.2. The molecule has 0 saturated carbocycles. The van der Waals surface area contributed by atoms with Crippen molar-refractivity contribution in [3.8, 4) is 0 Å². The molecule has 1 aliphatic rings. The van der Waals surface area contributed by atoms with Crippen molar-refractivity contribution in [2.24, 2.45) is 0 Å². The summed E-state index contributed by atoms with van der Waals surface area (Å²) in [5, 5.41) is 0.660. The number of halogens is 6. The van der Waals surface area contributed by atoms with Gasteiger partial charge in [-0.1, -0.05) is 31.5 Å². The number of nitrogens with zero attached hydrogens (tertiary/aromatic N) is 1. The fraction of sp³-hybridized carbons (Fsp3) is 0.250. The number of amides is 2. The van der Waals surface area contributed by atoms with Crippen molar-refractivity contribution >= 4 is 32.7 Å². The van der Waals surface area contributed by atoms with Crippen molar-refractivity contribution in [1.29, 1.82) is 0 Å². The molecule has 2 amide bonds. The maximum atomic E-state index is 13.2. The van der Waals surface area contributed by atoms with E-state index in [0.29, 0.717) is 11.8 Å². The molecule has 0 saturated heterocycles. The van der Waals surface area contributed by atoms with Crippen molar-refractivity contribution in [3.63, 3.8) is 0 Å². The van der Waals surface area contributed by atoms with Crippen molar-refractivity contribution in [1.82, 2.24) is 5.06 Å². The molecule has 0 aliphatic carbocycles. The molecular weight excluding hydrogens is 528 g/mol. The number of benzene rings is 3. The van der Waals surface area contributed by atoms with E-state index in [2.05, 4.69) is 4.28 Å². The van der Waals surface area contributed by atoms with Crippen LogP contribution in [0.15, 0.2) is 53.4 Å². The second-order valence-electron chi connectivity index (χ2n) is 8.28. The number of hydroxylamine groups is 2. The smallest absolute Gasteiger partial charge is 0.266 e. The minimum atomic E-state index is -5.50. The van der Waals surface area contributed by atoms with Gasteiger partial charge in [0.1, 0.15) is 0 Å². The van der Waals surface area contributed by atoms with Crippen LogP contribution in [-0.2, 0) is 33.2 Å². The SMILES string of the molecule is CCCCc1ccc2c3c(cccc13)C(=O)N(OS(=O)(=O)c1cc(C(F)(F)F)cc(C(F)(F)F)c1)C2=O. The van der Waals surface area contributed by atoms with E-state index in [1.807, 2.05) is 6.92 Å². The molecule has 0 N–H and O–H groups in total. The summed E-state index contributed by atoms with van der Waals surface area (Å²) >= 11 is 0. The first-order valence-electron chi connectivity index (χ1n) is 10.8. The van der Waals surface area contributed by atoms with Crippen LogP contribution in [0.3, 0.4) is 0 Å². The number of hydrogen-bond acceptors (Lipinski definition) is 5. The monoisotopic (exact) mass is 545 g/mol. The molecule has 0 fully saturated rings. The first kappa shape index (κ1) is 26.6. The molecule has 0 radical (unpaired) electrons. The fourth-order valence-corrected chi connectivity index (χ4v) is 4.96. The zero-order valence-corrected chi connectivity index (χ0v) is 19.7. The average molecular weight is 545 g/mol. The molecule has 37 heavy (non-hydrogen) atoms. The Morgan fingerprint density at radius 1 is 0.838 bits per heavy atom. The van der Waals surface area contributed by atoms with Gasteiger partial charge in [-0.05, 0) is 54.1 Å². The van der Waals surface area contributed by atoms with Gasteiger partial charge in [0.2, 0.25) is 0 Å². The minimum Gasteiger partial charge on any atom is -0.266 e. The average Bonchev–Trinajstić information content (AvgIpc) is 2.82. The largest absolute Gasteiger partial charge is 0.416 e. The summed E-state index contributed by atoms with van der Waals surface area (Å²) in [5.74, 6) is -2.47. The van der Waals surface area contributed by atoms with E-state index < -0.39 is 50.3 Å². The number of rotatable bonds is 6. The Hall–Kier alpha value is -3.45. The number of carbonyl (C=O) groups excluding carboxylic acids is 2. The molecule has 0 unspecified atom stereocenters. The number of unbranched alkanes of at least 4 members (excludes halogenated alkanes) is 1. The van der Waals surface area contributed by atoms with Crippen LogP contribution in [0, 0.1) is 0 Å². The minimum absolute atomic E-state index is 0.0713. The summed E-state index contributed by atoms with van der Waals surface area (Å²) in [5.41, 5.74) is -3.19. The highest BCUT2D eigenvalue weighted by Crippen LogP contribution is 2.38. The summed E-state index contributed by atoms with van der Waals surface area (Å²) in [6.45, 7) is 1.98. The summed E-state index contributed by atoms with van der Waals surface area (Å²) in [6.07, 6.45) is -8.31. The number of aryl methyl sites for hydroxylation is 1. The van der Waals surface area contributed by atoms with Crippen molar-refractivity contribution in [2.75, 3.05) is 0 Å². The van der Waals surface area contributed by atoms with Crippen LogP contribution in [0.2, 0.25) is 0 Å². The first-order chi connectivity index (χ1) is 17.1. The quantitative estimate of drug-likeness (QED) is 0.275. The van der Waals surface area contributed by atoms with Crippen LogP contribution >= 0.6 is 0 Å². The van der Waals surface area contributed by atoms with Gasteiger partial charge in [0, 0.05) is 5.39 Å². The van der Waals surface area contributed by atoms with E-state index in [9.17, 15) is 44.3 Å². The Bertz CT molecular complexity index is 1470. The zero-order valence-electron chi connectivity index (χ0n) is 18.9. The van der Waals surface area contributed by atoms with Crippen LogP contribution in [0.1, 0.15) is 57.2 Å². The highest BCUT2D eigenvalue weighted by Gasteiger charge is 2.41. The van der Waals surface area contributed by atoms with Crippen LogP contribution in [0.5, 0.6) is 0 Å². The van der Waals surface area contributed by atoms with Crippen LogP contribution in [-0.4, -0.2) is 25.3 Å². The Morgan fingerprint density at radius 2 is 1.41 bits per heavy atom. The van der Waals surface area contributed by atoms with Gasteiger partial charge in [-0.3, -0.25) is 9.59 Å². The van der Waals surface area contributed by atoms with Gasteiger partial charge in [-0.25, -0.2) is 0 Å². The Morgan fingerprint density at radius 3 is 1.95 bits per heavy atom. The molecule has 1 aliphatic heterocycles. The van der Waals surface area contributed by atoms with Gasteiger partial charge >= 0.3 is 22.5 Å². The van der Waals surface area contributed by atoms with E-state index >= 15 is 0 Å². The van der Waals surface area contributed by atoms with Gasteiger partial charge in [-0.15, -0.1) is 9.35 Å². The number of alkyl halides is 6. The molecule has 6 nitrogen and oxygen atoms in total. The Kier molecular flexibility index (Phi) is 6.57. The third-order valence-corrected chi connectivity index (χ3v) is 6.94. The number of imide groups is 1. The van der Waals surface area contributed by atoms with Crippen molar-refractivity contribution in [2.45, 2.75) is 43.4 Å². The molecule has 13 heteroatoms. The molecule has 196 valence electrons. The lowest BCUT2D eigenvalue weighted by molar-refractivity contribution is -0.143. The second kappa shape index (κ2) is 9.14. The summed E-state index contributed by atoms with van der Waals surface area (Å²) < 4.78 is 109. The zero-order chi connectivity index (χ0) is 27.3. The van der Waals surface area contributed by atoms with Crippen molar-refractivity contribution in [3.05, 3.63) is 76.3 Å². The standard InChI is InChI=1S/C24H17F6NO5S/c1-2-3-5-13-8-9-19-20-17(13)6-4-7-18(20)21(32)31(22(19)33)36-37(34,35)16-11-14(23(25,26)27)10-15(12-16)24(28,29)30/h4,6-12H,2-3,5H2,1H3. The highest BCUT2D eigenvalue weighted by atomic mass is 32.2. The van der Waals surface area contributed by atoms with E-state index in [1.54, 1.807) is 12.1 Å². The van der Waals surface area contributed by atoms with Crippen molar-refractivity contribution < 1.29 is 48.6 Å². The highest BCUT2D eigenvalue weighted by molar-refractivity contribution is 7.86. The molecular formula is C24H17F6NO5S. The predicted octanol–water partition coefficient (Wildman–Crippen LogP) is 6.14. The summed E-state index contributed by atoms with van der Waals surface area (Å²) in [4.78, 5) is 24.6. The molecule has 4 rings (SSSR count). The molecule has 0 atom stereocenters. The van der Waals surface area contributed by atoms with Crippen LogP contribution in [0.25, 0.3) is 10.8 Å². The van der Waals surface area contributed by atoms with E-state index in [-0.39, 0.29) is 39.8 Å². The molecule has 0 spiro atoms. The molecule has 1 heterocycles. The molecule has 3 aromatic rings. The summed E-state index contributed by atoms with van der Waals surface area (Å²) in [6, 6.07) is 7.07. The normalized spacial score (nSPS) is 14.5. The predicted molar refractivity (Wildman–Crippen MR) is 118 cm³/mol. The summed E-state index contributed by atoms with van der Waals surface area (Å²) in [7, 11) is -5.50. The molecule has 3 aromatic carbocycles. The molecule has 0 aromatic heterocycles. The third kappa shape index (κ3) is 4.92. The maximum Gasteiger partial charge on any atom is 0.416 e. The lowest BCUT2D eigenvalue weighted by Gasteiger charge is -2.26. The van der Waals surface area contributed by atoms with Gasteiger partial charge in [0.05, 0.1) is 27.1 Å². The van der Waals surface area contributed by atoms with E-state index in [4.69, 9.17) is 0 Å². The first-order valence-corrected chi connectivity index (χ1v) is 12.2. The van der Waals surface area contributed by atoms with Gasteiger partial charge in [0.25, 0.3) is 11.8 Å². The lowest BCUT2D eigenvalue weighted by atomic mass is 9.90. The van der Waals surface area contributed by atoms with Crippen LogP contribution < -0.4 is 0 Å². The topological polar surface area (TPSA) is 80.8 Å². The van der Waals surface area contributed by atoms with Crippen LogP contribution in [0.4, 0.5) is 26.3 Å². The third-order valence-electron chi connectivity index (χ3n) is 5.78. The lowest BCUT2D eigenvalue weighted by Crippen LogP contribution is -2.41. The number of carbonyl (C=O) groups is 2. The Labute approximate surface area is 206 Å². The van der Waals surface area contributed by atoms with Gasteiger partial charge in [-0.2, -0.15) is 34.8 Å². The van der Waals surface area contributed by atoms with Gasteiger partial charge < -0.3 is 0 Å². The molecule has 0 bridgehead atoms. The fourth-order valence-electron chi connectivity index (χ4n) is 4.00. The number of hydrogen-bond donors (Lipinski definition) is 0. The van der Waals surface area contributed by atoms with E-state index in [1.165, 1.54) is 18.2 Å².